The molecule has 0 radical (unpaired) electrons. The minimum absolute atomic E-state index is 0.225. The van der Waals surface area contributed by atoms with Crippen molar-refractivity contribution in [2.24, 2.45) is 5.73 Å². The number of rotatable bonds is 3. The molecule has 1 aromatic carbocycles. The van der Waals surface area contributed by atoms with E-state index in [0.29, 0.717) is 4.99 Å². The van der Waals surface area contributed by atoms with Crippen molar-refractivity contribution in [3.8, 4) is 0 Å². The molecule has 1 aromatic rings. The molecule has 1 aliphatic heterocycles. The van der Waals surface area contributed by atoms with Crippen LogP contribution in [0.4, 0.5) is 4.39 Å². The molecule has 1 saturated heterocycles. The normalized spacial score (nSPS) is 17.0. The van der Waals surface area contributed by atoms with Crippen LogP contribution in [0.5, 0.6) is 0 Å². The van der Waals surface area contributed by atoms with Crippen molar-refractivity contribution in [3.05, 3.63) is 35.1 Å². The Labute approximate surface area is 107 Å². The summed E-state index contributed by atoms with van der Waals surface area (Å²) in [5.74, 6) is -0.225. The number of nitrogens with zero attached hydrogens (tertiary/aromatic N) is 1. The molecule has 2 rings (SSSR count). The van der Waals surface area contributed by atoms with Crippen molar-refractivity contribution >= 4 is 17.2 Å². The van der Waals surface area contributed by atoms with Crippen molar-refractivity contribution in [1.82, 2.24) is 4.90 Å². The van der Waals surface area contributed by atoms with E-state index < -0.39 is 0 Å². The Kier molecular flexibility index (Phi) is 4.07. The molecular formula is C13H17FN2S. The minimum atomic E-state index is -0.225. The lowest BCUT2D eigenvalue weighted by Crippen LogP contribution is -2.30. The van der Waals surface area contributed by atoms with Crippen molar-refractivity contribution in [2.45, 2.75) is 25.8 Å². The van der Waals surface area contributed by atoms with E-state index in [0.717, 1.165) is 30.8 Å². The van der Waals surface area contributed by atoms with E-state index in [4.69, 9.17) is 18.0 Å². The molecule has 0 amide bonds. The molecule has 1 aliphatic rings. The summed E-state index contributed by atoms with van der Waals surface area (Å²) in [6.45, 7) is 2.89. The first kappa shape index (κ1) is 12.5. The zero-order valence-corrected chi connectivity index (χ0v) is 10.6. The van der Waals surface area contributed by atoms with Crippen LogP contribution in [0.1, 0.15) is 30.4 Å². The molecule has 1 fully saturated rings. The van der Waals surface area contributed by atoms with Gasteiger partial charge in [-0.25, -0.2) is 4.39 Å². The summed E-state index contributed by atoms with van der Waals surface area (Å²) in [5, 5.41) is 0. The van der Waals surface area contributed by atoms with Crippen LogP contribution >= 0.6 is 12.2 Å². The Morgan fingerprint density at radius 2 is 2.00 bits per heavy atom. The van der Waals surface area contributed by atoms with E-state index in [1.807, 2.05) is 0 Å². The molecule has 0 spiro atoms. The summed E-state index contributed by atoms with van der Waals surface area (Å²) >= 11 is 5.00. The van der Waals surface area contributed by atoms with Gasteiger partial charge < -0.3 is 5.73 Å². The standard InChI is InChI=1S/C13H17FN2S/c14-11-4-5-12(13(15)17)10(8-11)9-16-6-2-1-3-7-16/h4-5,8H,1-3,6-7,9H2,(H2,15,17). The van der Waals surface area contributed by atoms with E-state index in [1.165, 1.54) is 25.3 Å². The lowest BCUT2D eigenvalue weighted by Gasteiger charge is -2.27. The topological polar surface area (TPSA) is 29.3 Å². The molecule has 0 unspecified atom stereocenters. The third-order valence-corrected chi connectivity index (χ3v) is 3.40. The van der Waals surface area contributed by atoms with Crippen LogP contribution in [0.2, 0.25) is 0 Å². The van der Waals surface area contributed by atoms with Gasteiger partial charge in [0.1, 0.15) is 10.8 Å². The first-order chi connectivity index (χ1) is 8.16. The number of hydrogen-bond donors (Lipinski definition) is 1. The van der Waals surface area contributed by atoms with Gasteiger partial charge in [0.2, 0.25) is 0 Å². The number of likely N-dealkylation sites (tertiary alicyclic amines) is 1. The average Bonchev–Trinajstić information content (AvgIpc) is 2.30. The second-order valence-corrected chi connectivity index (χ2v) is 4.94. The molecule has 2 nitrogen and oxygen atoms in total. The van der Waals surface area contributed by atoms with Gasteiger partial charge in [-0.1, -0.05) is 18.6 Å². The zero-order valence-electron chi connectivity index (χ0n) is 9.79. The van der Waals surface area contributed by atoms with Crippen molar-refractivity contribution < 1.29 is 4.39 Å². The Morgan fingerprint density at radius 3 is 2.65 bits per heavy atom. The molecule has 0 aromatic heterocycles. The van der Waals surface area contributed by atoms with Crippen LogP contribution in [-0.4, -0.2) is 23.0 Å². The molecule has 0 bridgehead atoms. The second-order valence-electron chi connectivity index (χ2n) is 4.50. The van der Waals surface area contributed by atoms with Gasteiger partial charge in [-0.3, -0.25) is 4.90 Å². The number of piperidine rings is 1. The van der Waals surface area contributed by atoms with E-state index in [-0.39, 0.29) is 5.82 Å². The highest BCUT2D eigenvalue weighted by atomic mass is 32.1. The molecule has 0 aliphatic carbocycles. The Morgan fingerprint density at radius 1 is 1.29 bits per heavy atom. The van der Waals surface area contributed by atoms with E-state index in [1.54, 1.807) is 12.1 Å². The molecule has 1 heterocycles. The smallest absolute Gasteiger partial charge is 0.123 e. The van der Waals surface area contributed by atoms with Crippen molar-refractivity contribution in [2.75, 3.05) is 13.1 Å². The number of thiocarbonyl (C=S) groups is 1. The van der Waals surface area contributed by atoms with E-state index in [9.17, 15) is 4.39 Å². The first-order valence-electron chi connectivity index (χ1n) is 5.97. The molecule has 0 saturated carbocycles. The van der Waals surface area contributed by atoms with E-state index in [2.05, 4.69) is 4.90 Å². The predicted octanol–water partition coefficient (Wildman–Crippen LogP) is 2.45. The lowest BCUT2D eigenvalue weighted by molar-refractivity contribution is 0.220. The summed E-state index contributed by atoms with van der Waals surface area (Å²) in [4.78, 5) is 2.68. The SMILES string of the molecule is NC(=S)c1ccc(F)cc1CN1CCCCC1. The summed E-state index contributed by atoms with van der Waals surface area (Å²) in [6.07, 6.45) is 3.73. The number of benzene rings is 1. The van der Waals surface area contributed by atoms with Gasteiger partial charge in [0.25, 0.3) is 0 Å². The Bertz CT molecular complexity index is 414. The summed E-state index contributed by atoms with van der Waals surface area (Å²) in [7, 11) is 0. The molecule has 17 heavy (non-hydrogen) atoms. The van der Waals surface area contributed by atoms with Gasteiger partial charge in [0, 0.05) is 12.1 Å². The number of nitrogens with two attached hydrogens (primary N) is 1. The maximum absolute atomic E-state index is 13.3. The number of hydrogen-bond acceptors (Lipinski definition) is 2. The van der Waals surface area contributed by atoms with Gasteiger partial charge in [-0.15, -0.1) is 0 Å². The van der Waals surface area contributed by atoms with E-state index >= 15 is 0 Å². The van der Waals surface area contributed by atoms with Gasteiger partial charge >= 0.3 is 0 Å². The highest BCUT2D eigenvalue weighted by Crippen LogP contribution is 2.17. The van der Waals surface area contributed by atoms with Crippen LogP contribution in [0.3, 0.4) is 0 Å². The van der Waals surface area contributed by atoms with Crippen LogP contribution in [-0.2, 0) is 6.54 Å². The second kappa shape index (κ2) is 5.56. The van der Waals surface area contributed by atoms with Gasteiger partial charge in [-0.05, 0) is 49.7 Å². The molecule has 92 valence electrons. The first-order valence-corrected chi connectivity index (χ1v) is 6.38. The largest absolute Gasteiger partial charge is 0.389 e. The maximum Gasteiger partial charge on any atom is 0.123 e. The van der Waals surface area contributed by atoms with Crippen LogP contribution in [0.15, 0.2) is 18.2 Å². The van der Waals surface area contributed by atoms with Gasteiger partial charge in [0.05, 0.1) is 0 Å². The summed E-state index contributed by atoms with van der Waals surface area (Å²) in [5.41, 5.74) is 7.36. The average molecular weight is 252 g/mol. The lowest BCUT2D eigenvalue weighted by atomic mass is 10.0. The highest BCUT2D eigenvalue weighted by Gasteiger charge is 2.14. The van der Waals surface area contributed by atoms with Crippen LogP contribution < -0.4 is 5.73 Å². The third-order valence-electron chi connectivity index (χ3n) is 3.18. The Balaban J connectivity index is 2.17. The van der Waals surface area contributed by atoms with Crippen LogP contribution in [0, 0.1) is 5.82 Å². The molecule has 2 N–H and O–H groups in total. The van der Waals surface area contributed by atoms with Crippen LogP contribution in [0.25, 0.3) is 0 Å². The fraction of sp³-hybridized carbons (Fsp3) is 0.462. The Hall–Kier alpha value is -1.00. The fourth-order valence-corrected chi connectivity index (χ4v) is 2.49. The fourth-order valence-electron chi connectivity index (χ4n) is 2.29. The van der Waals surface area contributed by atoms with Gasteiger partial charge in [-0.2, -0.15) is 0 Å². The predicted molar refractivity (Wildman–Crippen MR) is 71.4 cm³/mol. The third kappa shape index (κ3) is 3.23. The molecule has 0 atom stereocenters. The van der Waals surface area contributed by atoms with Gasteiger partial charge in [0.15, 0.2) is 0 Å². The number of halogens is 1. The van der Waals surface area contributed by atoms with Crippen molar-refractivity contribution in [1.29, 1.82) is 0 Å². The van der Waals surface area contributed by atoms with Crippen molar-refractivity contribution in [3.63, 3.8) is 0 Å². The maximum atomic E-state index is 13.3. The summed E-state index contributed by atoms with van der Waals surface area (Å²) in [6, 6.07) is 4.63. The summed E-state index contributed by atoms with van der Waals surface area (Å²) < 4.78 is 13.3. The molecule has 4 heteroatoms. The minimum Gasteiger partial charge on any atom is -0.389 e. The quantitative estimate of drug-likeness (QED) is 0.838. The highest BCUT2D eigenvalue weighted by molar-refractivity contribution is 7.80. The monoisotopic (exact) mass is 252 g/mol. The zero-order chi connectivity index (χ0) is 12.3. The molecular weight excluding hydrogens is 235 g/mol.